The molecule has 9 nitrogen and oxygen atoms in total. The first kappa shape index (κ1) is 44.2. The Morgan fingerprint density at radius 3 is 1.87 bits per heavy atom. The molecule has 0 aromatic carbocycles. The summed E-state index contributed by atoms with van der Waals surface area (Å²) in [4.78, 5) is 33.6. The number of allylic oxidation sites excluding steroid dienone is 6. The zero-order valence-electron chi connectivity index (χ0n) is 29.0. The van der Waals surface area contributed by atoms with Crippen molar-refractivity contribution in [1.82, 2.24) is 5.32 Å². The van der Waals surface area contributed by atoms with Gasteiger partial charge in [-0.15, -0.1) is 0 Å². The summed E-state index contributed by atoms with van der Waals surface area (Å²) in [7, 11) is -4.41. The molecule has 10 heteroatoms. The van der Waals surface area contributed by atoms with Crippen molar-refractivity contribution in [3.05, 3.63) is 36.5 Å². The molecule has 0 aliphatic carbocycles. The van der Waals surface area contributed by atoms with E-state index in [0.29, 0.717) is 12.8 Å². The number of hydrogen-bond donors (Lipinski definition) is 3. The Labute approximate surface area is 280 Å². The zero-order valence-corrected chi connectivity index (χ0v) is 29.9. The Bertz CT molecular complexity index is 861. The van der Waals surface area contributed by atoms with Crippen LogP contribution in [0.2, 0.25) is 0 Å². The first-order chi connectivity index (χ1) is 22.3. The fourth-order valence-electron chi connectivity index (χ4n) is 4.63. The second-order valence-corrected chi connectivity index (χ2v) is 13.3. The lowest BCUT2D eigenvalue weighted by Gasteiger charge is -2.15. The van der Waals surface area contributed by atoms with E-state index in [9.17, 15) is 24.2 Å². The molecule has 0 radical (unpaired) electrons. The van der Waals surface area contributed by atoms with E-state index in [2.05, 4.69) is 55.6 Å². The highest BCUT2D eigenvalue weighted by Gasteiger charge is 2.23. The highest BCUT2D eigenvalue weighted by molar-refractivity contribution is 7.47. The molecule has 0 aliphatic heterocycles. The molecule has 46 heavy (non-hydrogen) atoms. The number of aliphatic hydroxyl groups excluding tert-OH is 1. The van der Waals surface area contributed by atoms with E-state index in [1.807, 2.05) is 0 Å². The molecule has 0 aliphatic rings. The Hall–Kier alpha value is -1.77. The van der Waals surface area contributed by atoms with Crippen molar-refractivity contribution in [3.8, 4) is 0 Å². The van der Waals surface area contributed by atoms with E-state index in [-0.39, 0.29) is 32.1 Å². The number of unbranched alkanes of at least 4 members (excludes halogenated alkanes) is 14. The summed E-state index contributed by atoms with van der Waals surface area (Å²) in [5.41, 5.74) is 0. The molecule has 0 aromatic rings. The Kier molecular flexibility index (Phi) is 31.9. The molecule has 0 heterocycles. The minimum absolute atomic E-state index is 0.0805. The third-order valence-corrected chi connectivity index (χ3v) is 8.32. The van der Waals surface area contributed by atoms with Crippen LogP contribution in [0.5, 0.6) is 0 Å². The largest absolute Gasteiger partial charge is 0.472 e. The maximum absolute atomic E-state index is 12.0. The van der Waals surface area contributed by atoms with Crippen LogP contribution in [-0.4, -0.2) is 54.3 Å². The average molecular weight is 672 g/mol. The molecule has 0 aromatic heterocycles. The third kappa shape index (κ3) is 33.6. The van der Waals surface area contributed by atoms with Gasteiger partial charge < -0.3 is 20.1 Å². The van der Waals surface area contributed by atoms with Gasteiger partial charge >= 0.3 is 13.8 Å². The highest BCUT2D eigenvalue weighted by atomic mass is 31.2. The van der Waals surface area contributed by atoms with Crippen LogP contribution in [-0.2, 0) is 27.9 Å². The molecule has 1 amide bonds. The van der Waals surface area contributed by atoms with E-state index in [4.69, 9.17) is 13.8 Å². The summed E-state index contributed by atoms with van der Waals surface area (Å²) in [6.07, 6.45) is 33.6. The quantitative estimate of drug-likeness (QED) is 0.0273. The Morgan fingerprint density at radius 2 is 1.24 bits per heavy atom. The summed E-state index contributed by atoms with van der Waals surface area (Å²) < 4.78 is 26.7. The fraction of sp³-hybridized carbons (Fsp3) is 0.778. The summed E-state index contributed by atoms with van der Waals surface area (Å²) in [5.74, 6) is -0.537. The molecule has 0 fully saturated rings. The standard InChI is InChI=1S/C36H66NO8P/c1-3-5-7-9-11-13-15-16-17-18-19-21-23-25-27-29-36(40)43-32-34(38)33-45-46(41,42)44-31-30-37-35(39)28-26-24-22-20-14-12-10-8-6-4-2/h5,7,11,13,16-17,34,38H,3-4,6,8-10,12,14-15,18-33H2,1-2H3,(H,37,39)(H,41,42)/b7-5-,13-11-,17-16-. The maximum atomic E-state index is 12.0. The Balaban J connectivity index is 3.67. The van der Waals surface area contributed by atoms with Crippen LogP contribution in [0.15, 0.2) is 36.5 Å². The number of phosphoric ester groups is 1. The third-order valence-electron chi connectivity index (χ3n) is 7.33. The number of carbonyl (C=O) groups is 2. The fourth-order valence-corrected chi connectivity index (χ4v) is 5.39. The summed E-state index contributed by atoms with van der Waals surface area (Å²) >= 11 is 0. The Morgan fingerprint density at radius 1 is 0.696 bits per heavy atom. The van der Waals surface area contributed by atoms with Gasteiger partial charge in [0.2, 0.25) is 5.91 Å². The molecule has 0 bridgehead atoms. The lowest BCUT2D eigenvalue weighted by atomic mass is 10.1. The lowest BCUT2D eigenvalue weighted by Crippen LogP contribution is -2.27. The van der Waals surface area contributed by atoms with Gasteiger partial charge in [-0.2, -0.15) is 0 Å². The van der Waals surface area contributed by atoms with Crippen LogP contribution < -0.4 is 5.32 Å². The topological polar surface area (TPSA) is 131 Å². The first-order valence-corrected chi connectivity index (χ1v) is 19.5. The molecule has 0 spiro atoms. The van der Waals surface area contributed by atoms with Gasteiger partial charge in [-0.1, -0.05) is 127 Å². The van der Waals surface area contributed by atoms with Crippen molar-refractivity contribution >= 4 is 19.7 Å². The molecule has 3 N–H and O–H groups in total. The van der Waals surface area contributed by atoms with Crippen molar-refractivity contribution in [2.45, 2.75) is 155 Å². The van der Waals surface area contributed by atoms with Gasteiger partial charge in [0.25, 0.3) is 0 Å². The van der Waals surface area contributed by atoms with Gasteiger partial charge in [0.1, 0.15) is 12.7 Å². The summed E-state index contributed by atoms with van der Waals surface area (Å²) in [5, 5.41) is 12.6. The van der Waals surface area contributed by atoms with E-state index >= 15 is 0 Å². The van der Waals surface area contributed by atoms with E-state index in [0.717, 1.165) is 70.6 Å². The molecule has 2 atom stereocenters. The van der Waals surface area contributed by atoms with Crippen LogP contribution in [0, 0.1) is 0 Å². The maximum Gasteiger partial charge on any atom is 0.472 e. The minimum Gasteiger partial charge on any atom is -0.463 e. The monoisotopic (exact) mass is 671 g/mol. The van der Waals surface area contributed by atoms with Crippen LogP contribution in [0.4, 0.5) is 0 Å². The van der Waals surface area contributed by atoms with Crippen LogP contribution in [0.25, 0.3) is 0 Å². The van der Waals surface area contributed by atoms with Crippen molar-refractivity contribution in [3.63, 3.8) is 0 Å². The highest BCUT2D eigenvalue weighted by Crippen LogP contribution is 2.42. The van der Waals surface area contributed by atoms with E-state index in [1.54, 1.807) is 0 Å². The van der Waals surface area contributed by atoms with Crippen LogP contribution >= 0.6 is 7.82 Å². The molecule has 2 unspecified atom stereocenters. The number of esters is 1. The number of hydrogen-bond acceptors (Lipinski definition) is 7. The number of ether oxygens (including phenoxy) is 1. The minimum atomic E-state index is -4.41. The molecular weight excluding hydrogens is 605 g/mol. The van der Waals surface area contributed by atoms with Gasteiger partial charge in [-0.25, -0.2) is 4.57 Å². The smallest absolute Gasteiger partial charge is 0.463 e. The number of rotatable bonds is 33. The summed E-state index contributed by atoms with van der Waals surface area (Å²) in [6, 6.07) is 0. The predicted octanol–water partition coefficient (Wildman–Crippen LogP) is 9.04. The second-order valence-electron chi connectivity index (χ2n) is 11.8. The molecule has 0 saturated carbocycles. The van der Waals surface area contributed by atoms with Crippen LogP contribution in [0.1, 0.15) is 149 Å². The molecule has 0 rings (SSSR count). The van der Waals surface area contributed by atoms with Crippen molar-refractivity contribution in [1.29, 1.82) is 0 Å². The number of amides is 1. The number of phosphoric acid groups is 1. The van der Waals surface area contributed by atoms with E-state index < -0.39 is 26.5 Å². The SMILES string of the molecule is CC/C=C\C/C=C\C/C=C\CCCCCCCC(=O)OCC(O)COP(=O)(O)OCCNC(=O)CCCCCCCCCCCC. The van der Waals surface area contributed by atoms with Crippen molar-refractivity contribution in [2.75, 3.05) is 26.4 Å². The number of aliphatic hydroxyl groups is 1. The van der Waals surface area contributed by atoms with Gasteiger partial charge in [0.15, 0.2) is 0 Å². The lowest BCUT2D eigenvalue weighted by molar-refractivity contribution is -0.147. The zero-order chi connectivity index (χ0) is 34.0. The first-order valence-electron chi connectivity index (χ1n) is 18.0. The van der Waals surface area contributed by atoms with Crippen molar-refractivity contribution < 1.29 is 37.9 Å². The predicted molar refractivity (Wildman–Crippen MR) is 187 cm³/mol. The second kappa shape index (κ2) is 33.1. The average Bonchev–Trinajstić information content (AvgIpc) is 3.04. The normalized spacial score (nSPS) is 13.9. The van der Waals surface area contributed by atoms with Gasteiger partial charge in [0.05, 0.1) is 13.2 Å². The molecule has 0 saturated heterocycles. The number of carbonyl (C=O) groups excluding carboxylic acids is 2. The molecule has 268 valence electrons. The van der Waals surface area contributed by atoms with Gasteiger partial charge in [-0.3, -0.25) is 18.6 Å². The van der Waals surface area contributed by atoms with E-state index in [1.165, 1.54) is 44.9 Å². The van der Waals surface area contributed by atoms with Gasteiger partial charge in [0, 0.05) is 19.4 Å². The molecular formula is C36H66NO8P. The van der Waals surface area contributed by atoms with Crippen LogP contribution in [0.3, 0.4) is 0 Å². The summed E-state index contributed by atoms with van der Waals surface area (Å²) in [6.45, 7) is 3.39. The van der Waals surface area contributed by atoms with Crippen molar-refractivity contribution in [2.24, 2.45) is 0 Å². The van der Waals surface area contributed by atoms with Gasteiger partial charge in [-0.05, 0) is 44.9 Å². The number of nitrogens with one attached hydrogen (secondary N) is 1.